The van der Waals surface area contributed by atoms with Gasteiger partial charge >= 0.3 is 6.09 Å². The Bertz CT molecular complexity index is 1090. The summed E-state index contributed by atoms with van der Waals surface area (Å²) in [5, 5.41) is -0.0307. The lowest BCUT2D eigenvalue weighted by molar-refractivity contribution is -0.138. The van der Waals surface area contributed by atoms with Crippen LogP contribution in [-0.2, 0) is 24.1 Å². The van der Waals surface area contributed by atoms with Gasteiger partial charge < -0.3 is 9.47 Å². The number of carbonyl (C=O) groups excluding carboxylic acids is 2. The van der Waals surface area contributed by atoms with Gasteiger partial charge in [0.2, 0.25) is 0 Å². The van der Waals surface area contributed by atoms with Crippen molar-refractivity contribution < 1.29 is 27.5 Å². The molecule has 1 heterocycles. The molecule has 0 aliphatic heterocycles. The highest BCUT2D eigenvalue weighted by molar-refractivity contribution is 7.90. The number of aryl methyl sites for hydroxylation is 1. The molecule has 0 saturated heterocycles. The second-order valence-electron chi connectivity index (χ2n) is 8.98. The summed E-state index contributed by atoms with van der Waals surface area (Å²) >= 11 is 6.26. The molecule has 0 aliphatic rings. The first-order chi connectivity index (χ1) is 15.0. The molecule has 0 atom stereocenters. The molecule has 33 heavy (non-hydrogen) atoms. The highest BCUT2D eigenvalue weighted by atomic mass is 35.5. The Hall–Kier alpha value is -2.72. The summed E-state index contributed by atoms with van der Waals surface area (Å²) in [6, 6.07) is 6.56. The van der Waals surface area contributed by atoms with E-state index in [1.807, 2.05) is 20.8 Å². The topological polar surface area (TPSA) is 116 Å². The minimum Gasteiger partial charge on any atom is -0.462 e. The Kier molecular flexibility index (Phi) is 9.38. The molecule has 0 radical (unpaired) electrons. The summed E-state index contributed by atoms with van der Waals surface area (Å²) in [7, 11) is -3.74. The van der Waals surface area contributed by atoms with Crippen LogP contribution in [0.5, 0.6) is 0 Å². The summed E-state index contributed by atoms with van der Waals surface area (Å²) in [4.78, 5) is 31.5. The van der Waals surface area contributed by atoms with E-state index in [9.17, 15) is 18.0 Å². The number of halogens is 1. The SMILES string of the molecule is CC(C)(C)OC=O.Cc1ncnc(S(C)(=O)=O)c1N(C(=O)OC(C)(C)C)c1ccccc1Cl. The predicted octanol–water partition coefficient (Wildman–Crippen LogP) is 4.87. The Morgan fingerprint density at radius 1 is 1.06 bits per heavy atom. The molecule has 0 spiro atoms. The third-order valence-corrected chi connectivity index (χ3v) is 4.94. The zero-order valence-electron chi connectivity index (χ0n) is 20.0. The van der Waals surface area contributed by atoms with Gasteiger partial charge in [-0.2, -0.15) is 0 Å². The van der Waals surface area contributed by atoms with Crippen molar-refractivity contribution in [3.05, 3.63) is 41.3 Å². The molecule has 2 rings (SSSR count). The number of rotatable bonds is 4. The minimum absolute atomic E-state index is 0.0114. The van der Waals surface area contributed by atoms with Crippen LogP contribution in [0.1, 0.15) is 47.2 Å². The maximum Gasteiger partial charge on any atom is 0.419 e. The molecule has 2 aromatic rings. The lowest BCUT2D eigenvalue weighted by Gasteiger charge is -2.29. The average molecular weight is 500 g/mol. The van der Waals surface area contributed by atoms with Crippen molar-refractivity contribution in [2.45, 2.75) is 64.7 Å². The normalized spacial score (nSPS) is 11.7. The van der Waals surface area contributed by atoms with E-state index in [0.29, 0.717) is 12.2 Å². The van der Waals surface area contributed by atoms with Crippen LogP contribution in [0.2, 0.25) is 5.02 Å². The molecule has 0 unspecified atom stereocenters. The van der Waals surface area contributed by atoms with E-state index in [2.05, 4.69) is 14.7 Å². The third kappa shape index (κ3) is 8.97. The first-order valence-corrected chi connectivity index (χ1v) is 12.2. The molecule has 1 aromatic heterocycles. The monoisotopic (exact) mass is 499 g/mol. The lowest BCUT2D eigenvalue weighted by Crippen LogP contribution is -2.35. The van der Waals surface area contributed by atoms with Gasteiger partial charge in [-0.1, -0.05) is 23.7 Å². The molecular weight excluding hydrogens is 470 g/mol. The molecule has 0 fully saturated rings. The van der Waals surface area contributed by atoms with E-state index < -0.39 is 21.5 Å². The fraction of sp³-hybridized carbons (Fsp3) is 0.455. The fourth-order valence-corrected chi connectivity index (χ4v) is 3.42. The number of hydrogen-bond donors (Lipinski definition) is 0. The van der Waals surface area contributed by atoms with E-state index in [1.54, 1.807) is 52.0 Å². The van der Waals surface area contributed by atoms with Crippen molar-refractivity contribution in [1.29, 1.82) is 0 Å². The smallest absolute Gasteiger partial charge is 0.419 e. The fourth-order valence-electron chi connectivity index (χ4n) is 2.37. The first kappa shape index (κ1) is 28.3. The van der Waals surface area contributed by atoms with Crippen molar-refractivity contribution in [1.82, 2.24) is 9.97 Å². The van der Waals surface area contributed by atoms with E-state index in [1.165, 1.54) is 0 Å². The summed E-state index contributed by atoms with van der Waals surface area (Å²) in [5.41, 5.74) is -0.539. The molecule has 0 N–H and O–H groups in total. The highest BCUT2D eigenvalue weighted by Crippen LogP contribution is 2.37. The Morgan fingerprint density at radius 3 is 2.06 bits per heavy atom. The van der Waals surface area contributed by atoms with Crippen LogP contribution >= 0.6 is 11.6 Å². The number of benzene rings is 1. The third-order valence-electron chi connectivity index (χ3n) is 3.62. The number of anilines is 2. The predicted molar refractivity (Wildman–Crippen MR) is 127 cm³/mol. The number of sulfone groups is 1. The Balaban J connectivity index is 0.000000675. The zero-order valence-corrected chi connectivity index (χ0v) is 21.6. The molecule has 0 saturated carbocycles. The van der Waals surface area contributed by atoms with E-state index >= 15 is 0 Å². The minimum atomic E-state index is -3.74. The van der Waals surface area contributed by atoms with Crippen molar-refractivity contribution >= 4 is 45.4 Å². The van der Waals surface area contributed by atoms with Gasteiger partial charge in [0.05, 0.1) is 16.4 Å². The Labute approximate surface area is 200 Å². The molecule has 182 valence electrons. The van der Waals surface area contributed by atoms with Gasteiger partial charge in [-0.05, 0) is 60.6 Å². The largest absolute Gasteiger partial charge is 0.462 e. The standard InChI is InChI=1S/C17H20ClN3O4S.C5H10O2/c1-11-14(15(20-10-19-11)26(5,23)24)21(16(22)25-17(2,3)4)13-9-7-6-8-12(13)18;1-5(2,3)7-4-6/h6-10H,1-5H3;4H,1-3H3. The molecular formula is C22H30ClN3O6S. The van der Waals surface area contributed by atoms with Crippen LogP contribution in [0.15, 0.2) is 35.6 Å². The number of amides is 1. The zero-order chi connectivity index (χ0) is 25.6. The van der Waals surface area contributed by atoms with Crippen LogP contribution in [-0.4, -0.2) is 48.4 Å². The van der Waals surface area contributed by atoms with Crippen molar-refractivity contribution in [2.24, 2.45) is 0 Å². The summed E-state index contributed by atoms with van der Waals surface area (Å²) in [5.74, 6) is 0. The average Bonchev–Trinajstić information content (AvgIpc) is 2.62. The van der Waals surface area contributed by atoms with Crippen LogP contribution in [0, 0.1) is 6.92 Å². The highest BCUT2D eigenvalue weighted by Gasteiger charge is 2.32. The number of para-hydroxylation sites is 1. The van der Waals surface area contributed by atoms with Gasteiger partial charge in [0, 0.05) is 6.26 Å². The Morgan fingerprint density at radius 2 is 1.64 bits per heavy atom. The molecule has 9 nitrogen and oxygen atoms in total. The molecule has 0 bridgehead atoms. The van der Waals surface area contributed by atoms with Gasteiger partial charge in [-0.3, -0.25) is 4.79 Å². The summed E-state index contributed by atoms with van der Waals surface area (Å²) < 4.78 is 34.5. The number of aromatic nitrogens is 2. The van der Waals surface area contributed by atoms with Crippen LogP contribution in [0.4, 0.5) is 16.2 Å². The first-order valence-electron chi connectivity index (χ1n) is 9.88. The van der Waals surface area contributed by atoms with Gasteiger partial charge in [0.25, 0.3) is 6.47 Å². The van der Waals surface area contributed by atoms with Crippen LogP contribution in [0.25, 0.3) is 0 Å². The molecule has 0 aliphatic carbocycles. The number of carbonyl (C=O) groups is 2. The van der Waals surface area contributed by atoms with Crippen molar-refractivity contribution in [3.63, 3.8) is 0 Å². The van der Waals surface area contributed by atoms with E-state index in [4.69, 9.17) is 16.3 Å². The van der Waals surface area contributed by atoms with Crippen molar-refractivity contribution in [2.75, 3.05) is 11.2 Å². The number of nitrogens with zero attached hydrogens (tertiary/aromatic N) is 3. The van der Waals surface area contributed by atoms with Gasteiger partial charge in [-0.15, -0.1) is 0 Å². The number of hydrogen-bond acceptors (Lipinski definition) is 8. The second kappa shape index (κ2) is 10.9. The second-order valence-corrected chi connectivity index (χ2v) is 11.3. The molecule has 1 aromatic carbocycles. The van der Waals surface area contributed by atoms with E-state index in [-0.39, 0.29) is 27.0 Å². The maximum atomic E-state index is 12.9. The molecule has 1 amide bonds. The van der Waals surface area contributed by atoms with Crippen LogP contribution in [0.3, 0.4) is 0 Å². The number of ether oxygens (including phenoxy) is 2. The van der Waals surface area contributed by atoms with Gasteiger partial charge in [0.15, 0.2) is 14.9 Å². The summed E-state index contributed by atoms with van der Waals surface area (Å²) in [6.07, 6.45) is 1.36. The van der Waals surface area contributed by atoms with Crippen LogP contribution < -0.4 is 4.90 Å². The maximum absolute atomic E-state index is 12.9. The molecule has 11 heteroatoms. The van der Waals surface area contributed by atoms with Gasteiger partial charge in [-0.25, -0.2) is 28.1 Å². The lowest BCUT2D eigenvalue weighted by atomic mass is 10.2. The summed E-state index contributed by atoms with van der Waals surface area (Å²) in [6.45, 7) is 12.6. The van der Waals surface area contributed by atoms with Crippen molar-refractivity contribution in [3.8, 4) is 0 Å². The quantitative estimate of drug-likeness (QED) is 0.432. The van der Waals surface area contributed by atoms with E-state index in [0.717, 1.165) is 17.5 Å². The van der Waals surface area contributed by atoms with Gasteiger partial charge in [0.1, 0.15) is 23.2 Å².